The molecule has 0 atom stereocenters. The van der Waals surface area contributed by atoms with Gasteiger partial charge in [-0.3, -0.25) is 0 Å². The standard InChI is InChI=1S/C15H13ClO2/c1-10-8-13(16)6-7-14(10)11-4-3-5-12(9-11)15(17)18-2/h3-9H,1-2H3. The van der Waals surface area contributed by atoms with Gasteiger partial charge in [0.25, 0.3) is 0 Å². The van der Waals surface area contributed by atoms with Crippen molar-refractivity contribution in [3.05, 3.63) is 58.6 Å². The molecular weight excluding hydrogens is 248 g/mol. The lowest BCUT2D eigenvalue weighted by Crippen LogP contribution is -2.00. The van der Waals surface area contributed by atoms with E-state index in [1.54, 1.807) is 6.07 Å². The molecule has 92 valence electrons. The quantitative estimate of drug-likeness (QED) is 0.760. The minimum absolute atomic E-state index is 0.330. The van der Waals surface area contributed by atoms with Crippen LogP contribution in [0.4, 0.5) is 0 Å². The van der Waals surface area contributed by atoms with Crippen LogP contribution in [0.2, 0.25) is 5.02 Å². The van der Waals surface area contributed by atoms with Crippen LogP contribution in [0.15, 0.2) is 42.5 Å². The summed E-state index contributed by atoms with van der Waals surface area (Å²) in [4.78, 5) is 11.5. The average molecular weight is 261 g/mol. The van der Waals surface area contributed by atoms with Gasteiger partial charge in [-0.25, -0.2) is 4.79 Å². The Morgan fingerprint density at radius 2 is 1.94 bits per heavy atom. The number of halogens is 1. The van der Waals surface area contributed by atoms with Gasteiger partial charge in [0, 0.05) is 5.02 Å². The van der Waals surface area contributed by atoms with Crippen molar-refractivity contribution >= 4 is 17.6 Å². The maximum absolute atomic E-state index is 11.5. The van der Waals surface area contributed by atoms with Crippen LogP contribution in [0.1, 0.15) is 15.9 Å². The first-order valence-electron chi connectivity index (χ1n) is 5.56. The van der Waals surface area contributed by atoms with Crippen LogP contribution < -0.4 is 0 Å². The van der Waals surface area contributed by atoms with Crippen molar-refractivity contribution in [3.8, 4) is 11.1 Å². The molecule has 0 radical (unpaired) electrons. The van der Waals surface area contributed by atoms with E-state index in [1.165, 1.54) is 7.11 Å². The second kappa shape index (κ2) is 5.23. The van der Waals surface area contributed by atoms with E-state index in [0.717, 1.165) is 16.7 Å². The van der Waals surface area contributed by atoms with Crippen LogP contribution in [0.5, 0.6) is 0 Å². The van der Waals surface area contributed by atoms with E-state index in [-0.39, 0.29) is 5.97 Å². The summed E-state index contributed by atoms with van der Waals surface area (Å²) >= 11 is 5.93. The van der Waals surface area contributed by atoms with Crippen LogP contribution in [-0.2, 0) is 4.74 Å². The molecule has 0 aliphatic carbocycles. The van der Waals surface area contributed by atoms with E-state index in [1.807, 2.05) is 43.3 Å². The topological polar surface area (TPSA) is 26.3 Å². The molecule has 0 heterocycles. The molecule has 0 unspecified atom stereocenters. The number of carbonyl (C=O) groups is 1. The van der Waals surface area contributed by atoms with Gasteiger partial charge in [0.2, 0.25) is 0 Å². The molecule has 0 bridgehead atoms. The number of esters is 1. The Hall–Kier alpha value is -1.80. The molecule has 0 aliphatic rings. The van der Waals surface area contributed by atoms with Crippen molar-refractivity contribution in [1.82, 2.24) is 0 Å². The number of methoxy groups -OCH3 is 1. The van der Waals surface area contributed by atoms with E-state index in [2.05, 4.69) is 0 Å². The Morgan fingerprint density at radius 3 is 2.61 bits per heavy atom. The fraction of sp³-hybridized carbons (Fsp3) is 0.133. The first-order valence-corrected chi connectivity index (χ1v) is 5.94. The summed E-state index contributed by atoms with van der Waals surface area (Å²) in [6.07, 6.45) is 0. The van der Waals surface area contributed by atoms with Crippen molar-refractivity contribution in [1.29, 1.82) is 0 Å². The highest BCUT2D eigenvalue weighted by atomic mass is 35.5. The lowest BCUT2D eigenvalue weighted by Gasteiger charge is -2.08. The van der Waals surface area contributed by atoms with Gasteiger partial charge in [0.15, 0.2) is 0 Å². The first kappa shape index (κ1) is 12.7. The second-order valence-corrected chi connectivity index (χ2v) is 4.47. The third-order valence-corrected chi connectivity index (χ3v) is 3.02. The van der Waals surface area contributed by atoms with Gasteiger partial charge >= 0.3 is 5.97 Å². The van der Waals surface area contributed by atoms with E-state index in [9.17, 15) is 4.79 Å². The highest BCUT2D eigenvalue weighted by Crippen LogP contribution is 2.26. The minimum atomic E-state index is -0.330. The van der Waals surface area contributed by atoms with Crippen molar-refractivity contribution in [3.63, 3.8) is 0 Å². The molecule has 18 heavy (non-hydrogen) atoms. The van der Waals surface area contributed by atoms with Crippen LogP contribution in [0.25, 0.3) is 11.1 Å². The normalized spacial score (nSPS) is 10.2. The Morgan fingerprint density at radius 1 is 1.17 bits per heavy atom. The number of aryl methyl sites for hydroxylation is 1. The van der Waals surface area contributed by atoms with Gasteiger partial charge in [-0.05, 0) is 47.9 Å². The number of benzene rings is 2. The van der Waals surface area contributed by atoms with Gasteiger partial charge in [-0.2, -0.15) is 0 Å². The molecule has 2 aromatic carbocycles. The molecular formula is C15H13ClO2. The molecule has 0 aliphatic heterocycles. The molecule has 0 saturated carbocycles. The lowest BCUT2D eigenvalue weighted by molar-refractivity contribution is 0.0601. The monoisotopic (exact) mass is 260 g/mol. The zero-order valence-corrected chi connectivity index (χ0v) is 11.0. The third-order valence-electron chi connectivity index (χ3n) is 2.78. The maximum Gasteiger partial charge on any atom is 0.337 e. The fourth-order valence-corrected chi connectivity index (χ4v) is 2.11. The minimum Gasteiger partial charge on any atom is -0.465 e. The number of ether oxygens (including phenoxy) is 1. The van der Waals surface area contributed by atoms with E-state index in [4.69, 9.17) is 16.3 Å². The van der Waals surface area contributed by atoms with Crippen LogP contribution in [-0.4, -0.2) is 13.1 Å². The van der Waals surface area contributed by atoms with Gasteiger partial charge in [0.05, 0.1) is 12.7 Å². The number of hydrogen-bond donors (Lipinski definition) is 0. The summed E-state index contributed by atoms with van der Waals surface area (Å²) in [5.74, 6) is -0.330. The van der Waals surface area contributed by atoms with Gasteiger partial charge in [-0.1, -0.05) is 29.8 Å². The molecule has 0 N–H and O–H groups in total. The van der Waals surface area contributed by atoms with Gasteiger partial charge in [-0.15, -0.1) is 0 Å². The molecule has 0 saturated heterocycles. The van der Waals surface area contributed by atoms with Crippen LogP contribution in [0.3, 0.4) is 0 Å². The van der Waals surface area contributed by atoms with E-state index in [0.29, 0.717) is 10.6 Å². The van der Waals surface area contributed by atoms with Crippen LogP contribution in [0, 0.1) is 6.92 Å². The Kier molecular flexibility index (Phi) is 3.68. The third kappa shape index (κ3) is 2.54. The van der Waals surface area contributed by atoms with Crippen molar-refractivity contribution in [2.75, 3.05) is 7.11 Å². The van der Waals surface area contributed by atoms with Gasteiger partial charge < -0.3 is 4.74 Å². The molecule has 0 aromatic heterocycles. The summed E-state index contributed by atoms with van der Waals surface area (Å²) in [5.41, 5.74) is 3.66. The molecule has 3 heteroatoms. The number of hydrogen-bond acceptors (Lipinski definition) is 2. The molecule has 0 fully saturated rings. The molecule has 2 rings (SSSR count). The summed E-state index contributed by atoms with van der Waals surface area (Å²) < 4.78 is 4.72. The smallest absolute Gasteiger partial charge is 0.337 e. The maximum atomic E-state index is 11.5. The largest absolute Gasteiger partial charge is 0.465 e. The zero-order chi connectivity index (χ0) is 13.1. The molecule has 0 spiro atoms. The summed E-state index contributed by atoms with van der Waals surface area (Å²) in [5, 5.41) is 0.709. The number of carbonyl (C=O) groups excluding carboxylic acids is 1. The highest BCUT2D eigenvalue weighted by molar-refractivity contribution is 6.30. The predicted molar refractivity (Wildman–Crippen MR) is 73.0 cm³/mol. The summed E-state index contributed by atoms with van der Waals surface area (Å²) in [7, 11) is 1.38. The Bertz CT molecular complexity index is 591. The molecule has 2 nitrogen and oxygen atoms in total. The zero-order valence-electron chi connectivity index (χ0n) is 10.2. The number of rotatable bonds is 2. The summed E-state index contributed by atoms with van der Waals surface area (Å²) in [6, 6.07) is 13.1. The van der Waals surface area contributed by atoms with E-state index >= 15 is 0 Å². The molecule has 0 amide bonds. The van der Waals surface area contributed by atoms with Gasteiger partial charge in [0.1, 0.15) is 0 Å². The average Bonchev–Trinajstić information content (AvgIpc) is 2.38. The molecule has 2 aromatic rings. The lowest BCUT2D eigenvalue weighted by atomic mass is 9.99. The summed E-state index contributed by atoms with van der Waals surface area (Å²) in [6.45, 7) is 1.99. The van der Waals surface area contributed by atoms with E-state index < -0.39 is 0 Å². The Balaban J connectivity index is 2.48. The fourth-order valence-electron chi connectivity index (χ4n) is 1.88. The van der Waals surface area contributed by atoms with Crippen LogP contribution >= 0.6 is 11.6 Å². The highest BCUT2D eigenvalue weighted by Gasteiger charge is 2.08. The Labute approximate surface area is 111 Å². The van der Waals surface area contributed by atoms with Crippen molar-refractivity contribution in [2.45, 2.75) is 6.92 Å². The SMILES string of the molecule is COC(=O)c1cccc(-c2ccc(Cl)cc2C)c1. The van der Waals surface area contributed by atoms with Crippen molar-refractivity contribution < 1.29 is 9.53 Å². The predicted octanol–water partition coefficient (Wildman–Crippen LogP) is 4.10. The second-order valence-electron chi connectivity index (χ2n) is 4.03. The van der Waals surface area contributed by atoms with Crippen molar-refractivity contribution in [2.24, 2.45) is 0 Å². The first-order chi connectivity index (χ1) is 8.61.